The molecule has 0 saturated heterocycles. The van der Waals surface area contributed by atoms with Gasteiger partial charge in [0.25, 0.3) is 0 Å². The van der Waals surface area contributed by atoms with Crippen molar-refractivity contribution in [1.29, 1.82) is 0 Å². The first-order chi connectivity index (χ1) is 25.1. The van der Waals surface area contributed by atoms with E-state index in [1.54, 1.807) is 0 Å². The summed E-state index contributed by atoms with van der Waals surface area (Å²) >= 11 is 0. The Labute approximate surface area is 315 Å². The van der Waals surface area contributed by atoms with Crippen molar-refractivity contribution >= 4 is 11.8 Å². The number of carbonyl (C=O) groups is 2. The van der Waals surface area contributed by atoms with E-state index in [2.05, 4.69) is 40.9 Å². The van der Waals surface area contributed by atoms with Gasteiger partial charge in [0.15, 0.2) is 0 Å². The quantitative estimate of drug-likeness (QED) is 0.0583. The molecule has 6 nitrogen and oxygen atoms in total. The van der Waals surface area contributed by atoms with Crippen LogP contribution < -0.4 is 5.32 Å². The zero-order valence-corrected chi connectivity index (χ0v) is 34.0. The van der Waals surface area contributed by atoms with Crippen LogP contribution in [0.4, 0.5) is 0 Å². The van der Waals surface area contributed by atoms with Crippen LogP contribution in [0, 0.1) is 6.92 Å². The molecule has 1 saturated carbocycles. The van der Waals surface area contributed by atoms with Crippen LogP contribution in [-0.4, -0.2) is 44.9 Å². The molecule has 1 N–H and O–H groups in total. The molecule has 0 bridgehead atoms. The maximum Gasteiger partial charge on any atom is 0.243 e. The summed E-state index contributed by atoms with van der Waals surface area (Å²) in [5.74, 6) is 1.26. The first-order valence-electron chi connectivity index (χ1n) is 22.3. The second kappa shape index (κ2) is 31.4. The molecule has 51 heavy (non-hydrogen) atoms. The van der Waals surface area contributed by atoms with Gasteiger partial charge in [-0.05, 0) is 64.7 Å². The minimum absolute atomic E-state index is 0.0931. The molecular weight excluding hydrogens is 629 g/mol. The molecule has 1 fully saturated rings. The van der Waals surface area contributed by atoms with Crippen LogP contribution in [0.3, 0.4) is 0 Å². The highest BCUT2D eigenvalue weighted by atomic mass is 16.2. The molecule has 2 amide bonds. The maximum absolute atomic E-state index is 14.0. The molecule has 1 aromatic rings. The van der Waals surface area contributed by atoms with Crippen molar-refractivity contribution < 1.29 is 9.59 Å². The third kappa shape index (κ3) is 22.5. The predicted molar refractivity (Wildman–Crippen MR) is 218 cm³/mol. The number of carbonyl (C=O) groups excluding carboxylic acids is 2. The summed E-state index contributed by atoms with van der Waals surface area (Å²) < 4.78 is 2.16. The number of amides is 2. The average molecular weight is 711 g/mol. The van der Waals surface area contributed by atoms with Crippen molar-refractivity contribution in [3.05, 3.63) is 30.4 Å². The minimum atomic E-state index is -0.361. The number of nitrogens with one attached hydrogen (secondary N) is 1. The van der Waals surface area contributed by atoms with Gasteiger partial charge in [-0.25, -0.2) is 4.98 Å². The number of rotatable bonds is 33. The first-order valence-corrected chi connectivity index (χ1v) is 22.3. The predicted octanol–water partition coefficient (Wildman–Crippen LogP) is 12.6. The topological polar surface area (TPSA) is 67.2 Å². The Morgan fingerprint density at radius 3 is 1.84 bits per heavy atom. The summed E-state index contributed by atoms with van der Waals surface area (Å²) in [6.07, 6.45) is 45.5. The summed E-state index contributed by atoms with van der Waals surface area (Å²) in [5.41, 5.74) is 0. The highest BCUT2D eigenvalue weighted by Crippen LogP contribution is 2.21. The summed E-state index contributed by atoms with van der Waals surface area (Å²) in [6.45, 7) is 8.02. The summed E-state index contributed by atoms with van der Waals surface area (Å²) in [5, 5.41) is 3.42. The zero-order valence-electron chi connectivity index (χ0n) is 34.0. The van der Waals surface area contributed by atoms with Gasteiger partial charge in [-0.2, -0.15) is 0 Å². The van der Waals surface area contributed by atoms with Crippen LogP contribution in [0.5, 0.6) is 0 Å². The molecule has 1 unspecified atom stereocenters. The third-order valence-corrected chi connectivity index (χ3v) is 11.2. The average Bonchev–Trinajstić information content (AvgIpc) is 3.55. The van der Waals surface area contributed by atoms with Crippen LogP contribution in [0.1, 0.15) is 219 Å². The lowest BCUT2D eigenvalue weighted by molar-refractivity contribution is -0.141. The van der Waals surface area contributed by atoms with E-state index >= 15 is 0 Å². The molecule has 1 aromatic heterocycles. The van der Waals surface area contributed by atoms with Crippen molar-refractivity contribution in [2.24, 2.45) is 0 Å². The normalized spacial score (nSPS) is 14.3. The van der Waals surface area contributed by atoms with Crippen molar-refractivity contribution in [1.82, 2.24) is 19.8 Å². The Balaban J connectivity index is 1.88. The number of nitrogens with zero attached hydrogens (tertiary/aromatic N) is 3. The van der Waals surface area contributed by atoms with E-state index in [0.29, 0.717) is 13.0 Å². The number of allylic oxidation sites excluding steroid dienone is 2. The number of hydrogen-bond donors (Lipinski definition) is 1. The lowest BCUT2D eigenvalue weighted by Gasteiger charge is -2.33. The van der Waals surface area contributed by atoms with Gasteiger partial charge in [-0.15, -0.1) is 0 Å². The fourth-order valence-electron chi connectivity index (χ4n) is 7.79. The Bertz CT molecular complexity index is 998. The molecular formula is C45H82N4O2. The second-order valence-corrected chi connectivity index (χ2v) is 15.8. The molecule has 0 aliphatic heterocycles. The number of imidazole rings is 1. The number of hydrogen-bond acceptors (Lipinski definition) is 3. The van der Waals surface area contributed by atoms with Gasteiger partial charge in [0.2, 0.25) is 11.8 Å². The van der Waals surface area contributed by atoms with Crippen LogP contribution in [0.25, 0.3) is 0 Å². The molecule has 6 heteroatoms. The van der Waals surface area contributed by atoms with Gasteiger partial charge in [0, 0.05) is 37.9 Å². The molecule has 1 atom stereocenters. The standard InChI is InChI=1S/C45H82N4O2/c1-4-6-8-10-12-14-16-18-20-22-24-26-31-36-44(50)49(39-32-38-48-40-37-46-41(48)3)43(45(51)47-42-33-28-27-29-34-42)35-30-25-23-21-19-17-15-13-11-9-7-5-2/h14,16,37,40,42-43H,4-13,15,17-36,38-39H2,1-3H3,(H,47,51)/b16-14-. The fraction of sp³-hybridized carbons (Fsp3) is 0.844. The highest BCUT2D eigenvalue weighted by molar-refractivity contribution is 5.87. The Kier molecular flexibility index (Phi) is 27.8. The fourth-order valence-corrected chi connectivity index (χ4v) is 7.79. The van der Waals surface area contributed by atoms with Crippen LogP contribution in [-0.2, 0) is 16.1 Å². The van der Waals surface area contributed by atoms with E-state index in [-0.39, 0.29) is 23.9 Å². The van der Waals surface area contributed by atoms with Gasteiger partial charge in [0.05, 0.1) is 0 Å². The zero-order chi connectivity index (χ0) is 36.6. The van der Waals surface area contributed by atoms with E-state index in [0.717, 1.165) is 63.7 Å². The molecule has 0 spiro atoms. The first kappa shape index (κ1) is 45.0. The van der Waals surface area contributed by atoms with Crippen molar-refractivity contribution in [3.63, 3.8) is 0 Å². The Morgan fingerprint density at radius 1 is 0.745 bits per heavy atom. The Hall–Kier alpha value is -2.11. The van der Waals surface area contributed by atoms with Gasteiger partial charge >= 0.3 is 0 Å². The van der Waals surface area contributed by atoms with Gasteiger partial charge < -0.3 is 14.8 Å². The third-order valence-electron chi connectivity index (χ3n) is 11.2. The molecule has 1 aliphatic rings. The highest BCUT2D eigenvalue weighted by Gasteiger charge is 2.30. The number of unbranched alkanes of at least 4 members (excludes halogenated alkanes) is 20. The minimum Gasteiger partial charge on any atom is -0.352 e. The summed E-state index contributed by atoms with van der Waals surface area (Å²) in [7, 11) is 0. The molecule has 294 valence electrons. The SMILES string of the molecule is CCCCCC/C=C\CCCCCCCC(=O)N(CCCn1ccnc1C)C(CCCCCCCCCCCCCC)C(=O)NC1CCCCC1. The van der Waals surface area contributed by atoms with E-state index in [9.17, 15) is 9.59 Å². The molecule has 1 aliphatic carbocycles. The second-order valence-electron chi connectivity index (χ2n) is 15.8. The number of aryl methyl sites for hydroxylation is 2. The van der Waals surface area contributed by atoms with E-state index in [1.165, 1.54) is 141 Å². The van der Waals surface area contributed by atoms with Gasteiger partial charge in [-0.1, -0.05) is 161 Å². The van der Waals surface area contributed by atoms with Gasteiger partial charge in [-0.3, -0.25) is 9.59 Å². The molecule has 1 heterocycles. The maximum atomic E-state index is 14.0. The van der Waals surface area contributed by atoms with Crippen molar-refractivity contribution in [2.75, 3.05) is 6.54 Å². The van der Waals surface area contributed by atoms with Crippen LogP contribution in [0.15, 0.2) is 24.5 Å². The number of aromatic nitrogens is 2. The van der Waals surface area contributed by atoms with Crippen molar-refractivity contribution in [2.45, 2.75) is 238 Å². The van der Waals surface area contributed by atoms with Crippen LogP contribution >= 0.6 is 0 Å². The smallest absolute Gasteiger partial charge is 0.243 e. The molecule has 2 rings (SSSR count). The largest absolute Gasteiger partial charge is 0.352 e. The summed E-state index contributed by atoms with van der Waals surface area (Å²) in [4.78, 5) is 34.4. The molecule has 0 radical (unpaired) electrons. The van der Waals surface area contributed by atoms with E-state index < -0.39 is 0 Å². The Morgan fingerprint density at radius 2 is 1.27 bits per heavy atom. The van der Waals surface area contributed by atoms with E-state index in [1.807, 2.05) is 24.2 Å². The lowest BCUT2D eigenvalue weighted by atomic mass is 9.94. The van der Waals surface area contributed by atoms with Crippen LogP contribution in [0.2, 0.25) is 0 Å². The molecule has 0 aromatic carbocycles. The van der Waals surface area contributed by atoms with Gasteiger partial charge in [0.1, 0.15) is 11.9 Å². The van der Waals surface area contributed by atoms with E-state index in [4.69, 9.17) is 0 Å². The summed E-state index contributed by atoms with van der Waals surface area (Å²) in [6, 6.07) is -0.0997. The lowest BCUT2D eigenvalue weighted by Crippen LogP contribution is -2.52. The monoisotopic (exact) mass is 711 g/mol. The van der Waals surface area contributed by atoms with Crippen molar-refractivity contribution in [3.8, 4) is 0 Å².